The number of esters is 1. The predicted molar refractivity (Wildman–Crippen MR) is 148 cm³/mol. The first-order chi connectivity index (χ1) is 19.3. The molecule has 0 saturated carbocycles. The monoisotopic (exact) mass is 564 g/mol. The van der Waals surface area contributed by atoms with E-state index in [-0.39, 0.29) is 30.4 Å². The molecular formula is C26H44N8O6. The number of nitrogens with one attached hydrogen (secondary N) is 5. The molecule has 0 aliphatic carbocycles. The molecule has 3 aliphatic rings. The maximum Gasteiger partial charge on any atom is 0.338 e. The lowest BCUT2D eigenvalue weighted by Crippen LogP contribution is -2.68. The molecule has 3 aliphatic heterocycles. The number of ether oxygens (including phenoxy) is 2. The fourth-order valence-electron chi connectivity index (χ4n) is 5.21. The maximum absolute atomic E-state index is 12.3. The Bertz CT molecular complexity index is 971. The Balaban J connectivity index is 1.14. The van der Waals surface area contributed by atoms with Gasteiger partial charge >= 0.3 is 12.0 Å². The van der Waals surface area contributed by atoms with Crippen LogP contribution in [0.5, 0.6) is 0 Å². The molecule has 7 atom stereocenters. The van der Waals surface area contributed by atoms with Gasteiger partial charge in [-0.05, 0) is 50.7 Å². The van der Waals surface area contributed by atoms with Crippen LogP contribution in [-0.2, 0) is 9.47 Å². The Morgan fingerprint density at radius 2 is 1.95 bits per heavy atom. The van der Waals surface area contributed by atoms with Crippen LogP contribution in [0, 0.1) is 0 Å². The van der Waals surface area contributed by atoms with Crippen molar-refractivity contribution >= 4 is 17.7 Å². The van der Waals surface area contributed by atoms with Crippen molar-refractivity contribution in [1.82, 2.24) is 31.1 Å². The van der Waals surface area contributed by atoms with Crippen LogP contribution in [-0.4, -0.2) is 122 Å². The van der Waals surface area contributed by atoms with E-state index in [9.17, 15) is 19.8 Å². The highest BCUT2D eigenvalue weighted by molar-refractivity contribution is 5.92. The van der Waals surface area contributed by atoms with E-state index in [1.54, 1.807) is 24.3 Å². The van der Waals surface area contributed by atoms with Crippen LogP contribution < -0.4 is 32.3 Å². The smallest absolute Gasteiger partial charge is 0.338 e. The number of anilines is 1. The van der Waals surface area contributed by atoms with Gasteiger partial charge in [-0.2, -0.15) is 0 Å². The Morgan fingerprint density at radius 1 is 1.18 bits per heavy atom. The molecule has 0 spiro atoms. The van der Waals surface area contributed by atoms with Gasteiger partial charge in [0.05, 0.1) is 37.2 Å². The fraction of sp³-hybridized carbons (Fsp3) is 0.692. The summed E-state index contributed by atoms with van der Waals surface area (Å²) in [5.41, 5.74) is 7.15. The molecule has 2 amide bonds. The lowest BCUT2D eigenvalue weighted by atomic mass is 10.1. The number of carbonyl (C=O) groups is 2. The molecule has 0 radical (unpaired) electrons. The highest BCUT2D eigenvalue weighted by Gasteiger charge is 2.51. The van der Waals surface area contributed by atoms with E-state index < -0.39 is 24.5 Å². The lowest BCUT2D eigenvalue weighted by Gasteiger charge is -2.38. The molecule has 14 nitrogen and oxygen atoms in total. The van der Waals surface area contributed by atoms with Crippen LogP contribution in [0.25, 0.3) is 0 Å². The first-order valence-corrected chi connectivity index (χ1v) is 14.0. The predicted octanol–water partition coefficient (Wildman–Crippen LogP) is -1.47. The third-order valence-corrected chi connectivity index (χ3v) is 7.51. The molecule has 4 unspecified atom stereocenters. The SMILES string of the molecule is CCCCOC(=O)c1ccc(NC(=O)NCCCN(C)CC2O[C@@H](N3CNC4C(N)NCNC43)[C@H](O)[C@@H]2O)cc1. The van der Waals surface area contributed by atoms with Crippen molar-refractivity contribution in [1.29, 1.82) is 0 Å². The number of hydrogen-bond acceptors (Lipinski definition) is 12. The number of urea groups is 1. The van der Waals surface area contributed by atoms with Crippen LogP contribution in [0.4, 0.5) is 10.5 Å². The van der Waals surface area contributed by atoms with Gasteiger partial charge in [0.2, 0.25) is 0 Å². The fourth-order valence-corrected chi connectivity index (χ4v) is 5.21. The summed E-state index contributed by atoms with van der Waals surface area (Å²) in [5.74, 6) is -0.376. The minimum absolute atomic E-state index is 0.0356. The van der Waals surface area contributed by atoms with Crippen molar-refractivity contribution in [2.45, 2.75) is 69.1 Å². The van der Waals surface area contributed by atoms with Crippen molar-refractivity contribution in [3.05, 3.63) is 29.8 Å². The van der Waals surface area contributed by atoms with Gasteiger partial charge in [0.25, 0.3) is 0 Å². The van der Waals surface area contributed by atoms with Gasteiger partial charge in [0.1, 0.15) is 24.5 Å². The summed E-state index contributed by atoms with van der Waals surface area (Å²) in [6.45, 7) is 4.98. The molecule has 0 aromatic heterocycles. The van der Waals surface area contributed by atoms with Gasteiger partial charge in [0.15, 0.2) is 0 Å². The van der Waals surface area contributed by atoms with E-state index in [4.69, 9.17) is 15.2 Å². The number of nitrogens with zero attached hydrogens (tertiary/aromatic N) is 2. The number of fused-ring (bicyclic) bond motifs is 1. The van der Waals surface area contributed by atoms with Crippen molar-refractivity contribution in [2.75, 3.05) is 51.9 Å². The number of unbranched alkanes of at least 4 members (excludes halogenated alkanes) is 1. The summed E-state index contributed by atoms with van der Waals surface area (Å²) in [7, 11) is 1.91. The van der Waals surface area contributed by atoms with E-state index in [2.05, 4.69) is 26.6 Å². The van der Waals surface area contributed by atoms with Gasteiger partial charge in [-0.1, -0.05) is 13.3 Å². The average Bonchev–Trinajstić information content (AvgIpc) is 3.49. The van der Waals surface area contributed by atoms with Crippen molar-refractivity contribution < 1.29 is 29.3 Å². The Hall–Kier alpha value is -2.40. The highest BCUT2D eigenvalue weighted by atomic mass is 16.6. The summed E-state index contributed by atoms with van der Waals surface area (Å²) in [5, 5.41) is 36.8. The molecule has 3 fully saturated rings. The summed E-state index contributed by atoms with van der Waals surface area (Å²) in [6.07, 6.45) is -1.14. The van der Waals surface area contributed by atoms with Crippen LogP contribution in [0.1, 0.15) is 36.5 Å². The van der Waals surface area contributed by atoms with Crippen molar-refractivity contribution in [3.63, 3.8) is 0 Å². The van der Waals surface area contributed by atoms with Gasteiger partial charge in [-0.25, -0.2) is 14.5 Å². The number of aliphatic hydroxyl groups is 2. The van der Waals surface area contributed by atoms with Crippen LogP contribution in [0.3, 0.4) is 0 Å². The molecule has 224 valence electrons. The zero-order chi connectivity index (χ0) is 28.6. The lowest BCUT2D eigenvalue weighted by molar-refractivity contribution is -0.106. The molecule has 4 rings (SSSR count). The summed E-state index contributed by atoms with van der Waals surface area (Å²) in [4.78, 5) is 28.2. The molecule has 9 N–H and O–H groups in total. The van der Waals surface area contributed by atoms with Gasteiger partial charge in [-0.15, -0.1) is 0 Å². The Morgan fingerprint density at radius 3 is 2.70 bits per heavy atom. The average molecular weight is 565 g/mol. The summed E-state index contributed by atoms with van der Waals surface area (Å²) < 4.78 is 11.3. The van der Waals surface area contributed by atoms with Gasteiger partial charge in [0, 0.05) is 25.4 Å². The second kappa shape index (κ2) is 14.5. The standard InChI is InChI=1S/C26H44N8O6/c1-3-4-12-39-25(37)16-6-8-17(9-7-16)32-26(38)28-10-5-11-33(2)13-18-20(35)21(36)24(40-18)34-15-31-19-22(27)29-14-30-23(19)34/h6-9,18-24,29-31,35-36H,3-5,10-15,27H2,1-2H3,(H2,28,32,38)/t18?,19?,20-,21-,22?,23?,24-/m1/s1. The summed E-state index contributed by atoms with van der Waals surface area (Å²) >= 11 is 0. The van der Waals surface area contributed by atoms with Crippen molar-refractivity contribution in [3.8, 4) is 0 Å². The molecule has 3 heterocycles. The number of aliphatic hydroxyl groups excluding tert-OH is 2. The number of nitrogens with two attached hydrogens (primary N) is 1. The second-order valence-electron chi connectivity index (χ2n) is 10.6. The van der Waals surface area contributed by atoms with Crippen LogP contribution >= 0.6 is 0 Å². The molecule has 40 heavy (non-hydrogen) atoms. The van der Waals surface area contributed by atoms with Gasteiger partial charge in [-0.3, -0.25) is 16.0 Å². The molecule has 1 aromatic rings. The number of benzene rings is 1. The minimum Gasteiger partial charge on any atom is -0.462 e. The first-order valence-electron chi connectivity index (χ1n) is 14.0. The Labute approximate surface area is 234 Å². The normalized spacial score (nSPS) is 30.3. The number of hydrogen-bond donors (Lipinski definition) is 8. The maximum atomic E-state index is 12.3. The number of amides is 2. The highest BCUT2D eigenvalue weighted by Crippen LogP contribution is 2.28. The van der Waals surface area contributed by atoms with Crippen molar-refractivity contribution in [2.24, 2.45) is 5.73 Å². The van der Waals surface area contributed by atoms with E-state index in [1.165, 1.54) is 0 Å². The van der Waals surface area contributed by atoms with E-state index in [1.807, 2.05) is 23.8 Å². The largest absolute Gasteiger partial charge is 0.462 e. The molecular weight excluding hydrogens is 520 g/mol. The quantitative estimate of drug-likeness (QED) is 0.109. The number of rotatable bonds is 12. The minimum atomic E-state index is -1.04. The number of likely N-dealkylation sites (N-methyl/N-ethyl adjacent to an activating group) is 1. The molecule has 14 heteroatoms. The summed E-state index contributed by atoms with van der Waals surface area (Å²) in [6, 6.07) is 6.18. The zero-order valence-corrected chi connectivity index (χ0v) is 23.2. The topological polar surface area (TPSA) is 186 Å². The molecule has 0 bridgehead atoms. The van der Waals surface area contributed by atoms with Crippen LogP contribution in [0.15, 0.2) is 24.3 Å². The van der Waals surface area contributed by atoms with E-state index in [0.717, 1.165) is 12.8 Å². The van der Waals surface area contributed by atoms with Crippen LogP contribution in [0.2, 0.25) is 0 Å². The second-order valence-corrected chi connectivity index (χ2v) is 10.6. The van der Waals surface area contributed by atoms with E-state index in [0.29, 0.717) is 57.3 Å². The van der Waals surface area contributed by atoms with Gasteiger partial charge < -0.3 is 41.0 Å². The van der Waals surface area contributed by atoms with E-state index >= 15 is 0 Å². The molecule has 3 saturated heterocycles. The zero-order valence-electron chi connectivity index (χ0n) is 23.2. The molecule has 1 aromatic carbocycles. The third-order valence-electron chi connectivity index (χ3n) is 7.51. The Kier molecular flexibility index (Phi) is 11.1. The number of carbonyl (C=O) groups excluding carboxylic acids is 2. The third kappa shape index (κ3) is 7.66. The first kappa shape index (κ1) is 30.6.